The molecule has 1 aromatic carbocycles. The first-order chi connectivity index (χ1) is 9.01. The molecule has 0 saturated heterocycles. The topological polar surface area (TPSA) is 78.9 Å². The third-order valence-corrected chi connectivity index (χ3v) is 3.59. The van der Waals surface area contributed by atoms with Crippen LogP contribution in [0.25, 0.3) is 0 Å². The lowest BCUT2D eigenvalue weighted by Crippen LogP contribution is -2.10. The summed E-state index contributed by atoms with van der Waals surface area (Å²) in [5, 5.41) is 11.3. The SMILES string of the molecule is Cc1sc(C(=O)Nc2ccc(F)c(C#N)c2)cc1N. The number of nitrogen functional groups attached to an aromatic ring is 1. The Morgan fingerprint density at radius 2 is 2.21 bits per heavy atom. The van der Waals surface area contributed by atoms with Gasteiger partial charge in [-0.05, 0) is 31.2 Å². The van der Waals surface area contributed by atoms with E-state index in [9.17, 15) is 9.18 Å². The molecule has 0 bridgehead atoms. The van der Waals surface area contributed by atoms with Gasteiger partial charge in [0.15, 0.2) is 0 Å². The van der Waals surface area contributed by atoms with E-state index in [2.05, 4.69) is 5.32 Å². The minimum atomic E-state index is -0.614. The van der Waals surface area contributed by atoms with Crippen molar-refractivity contribution in [3.8, 4) is 6.07 Å². The summed E-state index contributed by atoms with van der Waals surface area (Å²) in [4.78, 5) is 13.3. The summed E-state index contributed by atoms with van der Waals surface area (Å²) < 4.78 is 13.1. The molecular formula is C13H10FN3OS. The number of benzene rings is 1. The maximum absolute atomic E-state index is 13.1. The van der Waals surface area contributed by atoms with Crippen LogP contribution in [0, 0.1) is 24.1 Å². The Kier molecular flexibility index (Phi) is 3.49. The van der Waals surface area contributed by atoms with E-state index in [4.69, 9.17) is 11.0 Å². The molecule has 6 heteroatoms. The van der Waals surface area contributed by atoms with Gasteiger partial charge in [-0.1, -0.05) is 0 Å². The lowest BCUT2D eigenvalue weighted by molar-refractivity contribution is 0.103. The van der Waals surface area contributed by atoms with Gasteiger partial charge in [0.05, 0.1) is 10.4 Å². The molecule has 96 valence electrons. The number of nitrogens with one attached hydrogen (secondary N) is 1. The van der Waals surface area contributed by atoms with E-state index in [-0.39, 0.29) is 11.5 Å². The molecule has 1 amide bonds. The molecule has 0 aliphatic rings. The number of aryl methyl sites for hydroxylation is 1. The number of nitriles is 1. The lowest BCUT2D eigenvalue weighted by Gasteiger charge is -2.04. The Labute approximate surface area is 113 Å². The Morgan fingerprint density at radius 3 is 2.79 bits per heavy atom. The van der Waals surface area contributed by atoms with Crippen molar-refractivity contribution in [3.05, 3.63) is 45.4 Å². The van der Waals surface area contributed by atoms with Crippen LogP contribution in [0.4, 0.5) is 15.8 Å². The van der Waals surface area contributed by atoms with Gasteiger partial charge in [0.2, 0.25) is 0 Å². The van der Waals surface area contributed by atoms with E-state index in [1.165, 1.54) is 23.5 Å². The summed E-state index contributed by atoms with van der Waals surface area (Å²) in [5.74, 6) is -0.947. The minimum Gasteiger partial charge on any atom is -0.398 e. The molecule has 1 heterocycles. The number of carbonyl (C=O) groups is 1. The number of nitrogens with two attached hydrogens (primary N) is 1. The molecule has 2 rings (SSSR count). The van der Waals surface area contributed by atoms with Crippen molar-refractivity contribution in [1.82, 2.24) is 0 Å². The lowest BCUT2D eigenvalue weighted by atomic mass is 10.2. The van der Waals surface area contributed by atoms with Gasteiger partial charge in [-0.15, -0.1) is 11.3 Å². The number of rotatable bonds is 2. The fourth-order valence-corrected chi connectivity index (χ4v) is 2.33. The fourth-order valence-electron chi connectivity index (χ4n) is 1.49. The molecule has 0 radical (unpaired) electrons. The molecule has 4 nitrogen and oxygen atoms in total. The van der Waals surface area contributed by atoms with Gasteiger partial charge in [0.25, 0.3) is 5.91 Å². The van der Waals surface area contributed by atoms with E-state index in [1.54, 1.807) is 12.1 Å². The zero-order valence-corrected chi connectivity index (χ0v) is 10.8. The Balaban J connectivity index is 2.22. The zero-order valence-electron chi connectivity index (χ0n) is 10.0. The van der Waals surface area contributed by atoms with Gasteiger partial charge in [-0.2, -0.15) is 5.26 Å². The van der Waals surface area contributed by atoms with Crippen molar-refractivity contribution >= 4 is 28.6 Å². The molecule has 0 aliphatic heterocycles. The summed E-state index contributed by atoms with van der Waals surface area (Å²) in [6, 6.07) is 7.14. The smallest absolute Gasteiger partial charge is 0.265 e. The maximum Gasteiger partial charge on any atom is 0.265 e. The zero-order chi connectivity index (χ0) is 14.0. The van der Waals surface area contributed by atoms with Gasteiger partial charge >= 0.3 is 0 Å². The van der Waals surface area contributed by atoms with Crippen molar-refractivity contribution in [2.45, 2.75) is 6.92 Å². The van der Waals surface area contributed by atoms with Crippen molar-refractivity contribution in [1.29, 1.82) is 5.26 Å². The van der Waals surface area contributed by atoms with Crippen LogP contribution in [-0.4, -0.2) is 5.91 Å². The molecule has 0 unspecified atom stereocenters. The van der Waals surface area contributed by atoms with Crippen molar-refractivity contribution in [3.63, 3.8) is 0 Å². The molecule has 0 saturated carbocycles. The minimum absolute atomic E-state index is 0.111. The van der Waals surface area contributed by atoms with Gasteiger partial charge in [0, 0.05) is 16.3 Å². The number of hydrogen-bond donors (Lipinski definition) is 2. The number of halogens is 1. The van der Waals surface area contributed by atoms with Crippen LogP contribution in [0.3, 0.4) is 0 Å². The van der Waals surface area contributed by atoms with Crippen molar-refractivity contribution in [2.24, 2.45) is 0 Å². The molecule has 2 aromatic rings. The average molecular weight is 275 g/mol. The first-order valence-corrected chi connectivity index (χ1v) is 6.20. The standard InChI is InChI=1S/C13H10FN3OS/c1-7-11(16)5-12(19-7)13(18)17-9-2-3-10(14)8(4-9)6-15/h2-5H,16H2,1H3,(H,17,18). The first-order valence-electron chi connectivity index (χ1n) is 5.38. The molecule has 0 aliphatic carbocycles. The molecule has 19 heavy (non-hydrogen) atoms. The van der Waals surface area contributed by atoms with E-state index in [1.807, 2.05) is 6.92 Å². The molecule has 3 N–H and O–H groups in total. The summed E-state index contributed by atoms with van der Waals surface area (Å²) in [6.07, 6.45) is 0. The second kappa shape index (κ2) is 5.08. The quantitative estimate of drug-likeness (QED) is 0.884. The van der Waals surface area contributed by atoms with Crippen LogP contribution < -0.4 is 11.1 Å². The van der Waals surface area contributed by atoms with Gasteiger partial charge in [-0.3, -0.25) is 4.79 Å². The number of thiophene rings is 1. The number of carbonyl (C=O) groups excluding carboxylic acids is 1. The molecule has 0 fully saturated rings. The molecule has 0 spiro atoms. The van der Waals surface area contributed by atoms with E-state index in [0.29, 0.717) is 16.3 Å². The van der Waals surface area contributed by atoms with Crippen LogP contribution in [0.15, 0.2) is 24.3 Å². The normalized spacial score (nSPS) is 9.95. The van der Waals surface area contributed by atoms with Crippen molar-refractivity contribution in [2.75, 3.05) is 11.1 Å². The Morgan fingerprint density at radius 1 is 1.47 bits per heavy atom. The molecular weight excluding hydrogens is 265 g/mol. The number of nitrogens with zero attached hydrogens (tertiary/aromatic N) is 1. The number of hydrogen-bond acceptors (Lipinski definition) is 4. The van der Waals surface area contributed by atoms with Crippen LogP contribution in [0.2, 0.25) is 0 Å². The largest absolute Gasteiger partial charge is 0.398 e. The Hall–Kier alpha value is -2.39. The predicted molar refractivity (Wildman–Crippen MR) is 72.5 cm³/mol. The van der Waals surface area contributed by atoms with Crippen LogP contribution in [-0.2, 0) is 0 Å². The van der Waals surface area contributed by atoms with Gasteiger partial charge in [-0.25, -0.2) is 4.39 Å². The highest BCUT2D eigenvalue weighted by Crippen LogP contribution is 2.24. The third kappa shape index (κ3) is 2.72. The summed E-state index contributed by atoms with van der Waals surface area (Å²) >= 11 is 1.28. The predicted octanol–water partition coefficient (Wildman–Crippen LogP) is 2.90. The number of anilines is 2. The highest BCUT2D eigenvalue weighted by atomic mass is 32.1. The number of amides is 1. The second-order valence-electron chi connectivity index (χ2n) is 3.88. The van der Waals surface area contributed by atoms with Gasteiger partial charge in [0.1, 0.15) is 11.9 Å². The molecule has 1 aromatic heterocycles. The Bertz CT molecular complexity index is 668. The van der Waals surface area contributed by atoms with Crippen LogP contribution in [0.1, 0.15) is 20.1 Å². The monoisotopic (exact) mass is 275 g/mol. The van der Waals surface area contributed by atoms with E-state index in [0.717, 1.165) is 10.9 Å². The summed E-state index contributed by atoms with van der Waals surface area (Å²) in [5.41, 5.74) is 6.49. The third-order valence-electron chi connectivity index (χ3n) is 2.52. The highest BCUT2D eigenvalue weighted by molar-refractivity contribution is 7.14. The second-order valence-corrected chi connectivity index (χ2v) is 5.14. The van der Waals surface area contributed by atoms with Crippen LogP contribution in [0.5, 0.6) is 0 Å². The average Bonchev–Trinajstić information content (AvgIpc) is 2.72. The maximum atomic E-state index is 13.1. The highest BCUT2D eigenvalue weighted by Gasteiger charge is 2.12. The molecule has 0 atom stereocenters. The fraction of sp³-hybridized carbons (Fsp3) is 0.0769. The van der Waals surface area contributed by atoms with Gasteiger partial charge < -0.3 is 11.1 Å². The first kappa shape index (κ1) is 13.1. The van der Waals surface area contributed by atoms with E-state index < -0.39 is 5.82 Å². The summed E-state index contributed by atoms with van der Waals surface area (Å²) in [7, 11) is 0. The van der Waals surface area contributed by atoms with Crippen molar-refractivity contribution < 1.29 is 9.18 Å². The van der Waals surface area contributed by atoms with Crippen LogP contribution >= 0.6 is 11.3 Å². The van der Waals surface area contributed by atoms with E-state index >= 15 is 0 Å². The summed E-state index contributed by atoms with van der Waals surface area (Å²) in [6.45, 7) is 1.82.